The summed E-state index contributed by atoms with van der Waals surface area (Å²) in [5.74, 6) is 0.465. The molecule has 0 aliphatic heterocycles. The highest BCUT2D eigenvalue weighted by atomic mass is 16.5. The van der Waals surface area contributed by atoms with Gasteiger partial charge in [0.1, 0.15) is 12.3 Å². The molecule has 0 amide bonds. The molecule has 0 aliphatic carbocycles. The first kappa shape index (κ1) is 7.24. The van der Waals surface area contributed by atoms with E-state index in [1.54, 1.807) is 13.2 Å². The zero-order valence-corrected chi connectivity index (χ0v) is 5.70. The number of nitrogens with zero attached hydrogens (tertiary/aromatic N) is 1. The number of ether oxygens (including phenoxy) is 1. The minimum Gasteiger partial charge on any atom is -0.388 e. The zero-order valence-electron chi connectivity index (χ0n) is 5.70. The monoisotopic (exact) mass is 143 g/mol. The normalized spacial score (nSPS) is 10.2. The minimum atomic E-state index is -0.114. The fourth-order valence-corrected chi connectivity index (χ4v) is 0.646. The number of hydrogen-bond acceptors (Lipinski definition) is 4. The maximum atomic E-state index is 8.54. The molecule has 10 heavy (non-hydrogen) atoms. The molecule has 1 aromatic rings. The summed E-state index contributed by atoms with van der Waals surface area (Å²) < 4.78 is 9.47. The van der Waals surface area contributed by atoms with Gasteiger partial charge in [0, 0.05) is 13.2 Å². The van der Waals surface area contributed by atoms with Gasteiger partial charge in [0.25, 0.3) is 0 Å². The van der Waals surface area contributed by atoms with Gasteiger partial charge in [-0.25, -0.2) is 0 Å². The van der Waals surface area contributed by atoms with Crippen LogP contribution >= 0.6 is 0 Å². The number of rotatable bonds is 3. The van der Waals surface area contributed by atoms with Gasteiger partial charge in [-0.05, 0) is 0 Å². The van der Waals surface area contributed by atoms with Crippen LogP contribution in [-0.2, 0) is 18.0 Å². The van der Waals surface area contributed by atoms with E-state index in [9.17, 15) is 0 Å². The molecule has 0 saturated carbocycles. The topological polar surface area (TPSA) is 55.5 Å². The highest BCUT2D eigenvalue weighted by Crippen LogP contribution is 2.03. The van der Waals surface area contributed by atoms with E-state index < -0.39 is 0 Å². The summed E-state index contributed by atoms with van der Waals surface area (Å²) in [5, 5.41) is 12.2. The Morgan fingerprint density at radius 2 is 2.60 bits per heavy atom. The van der Waals surface area contributed by atoms with Crippen LogP contribution in [0.1, 0.15) is 11.5 Å². The first-order chi connectivity index (χ1) is 4.86. The molecule has 4 heteroatoms. The Balaban J connectivity index is 2.59. The van der Waals surface area contributed by atoms with Crippen LogP contribution in [0.4, 0.5) is 0 Å². The third-order valence-electron chi connectivity index (χ3n) is 1.06. The predicted octanol–water partition coefficient (Wildman–Crippen LogP) is 0.313. The van der Waals surface area contributed by atoms with Crippen molar-refractivity contribution in [2.75, 3.05) is 7.11 Å². The highest BCUT2D eigenvalue weighted by Gasteiger charge is 2.00. The second-order valence-electron chi connectivity index (χ2n) is 1.88. The zero-order chi connectivity index (χ0) is 7.40. The van der Waals surface area contributed by atoms with E-state index in [-0.39, 0.29) is 6.61 Å². The van der Waals surface area contributed by atoms with Gasteiger partial charge in [0.05, 0.1) is 6.61 Å². The number of methoxy groups -OCH3 is 1. The van der Waals surface area contributed by atoms with E-state index >= 15 is 0 Å². The van der Waals surface area contributed by atoms with Crippen LogP contribution in [0.25, 0.3) is 0 Å². The molecule has 0 unspecified atom stereocenters. The Labute approximate surface area is 58.4 Å². The maximum Gasteiger partial charge on any atom is 0.162 e. The first-order valence-electron chi connectivity index (χ1n) is 2.91. The number of aliphatic hydroxyl groups excluding tert-OH is 1. The van der Waals surface area contributed by atoms with Crippen molar-refractivity contribution in [2.24, 2.45) is 0 Å². The van der Waals surface area contributed by atoms with Gasteiger partial charge in [-0.3, -0.25) is 0 Å². The van der Waals surface area contributed by atoms with Crippen molar-refractivity contribution < 1.29 is 14.4 Å². The molecule has 0 spiro atoms. The van der Waals surface area contributed by atoms with E-state index in [0.29, 0.717) is 18.1 Å². The number of aliphatic hydroxyl groups is 1. The molecule has 1 rings (SSSR count). The van der Waals surface area contributed by atoms with Crippen molar-refractivity contribution in [3.63, 3.8) is 0 Å². The van der Waals surface area contributed by atoms with E-state index in [1.165, 1.54) is 0 Å². The summed E-state index contributed by atoms with van der Waals surface area (Å²) in [6.07, 6.45) is 0. The average Bonchev–Trinajstić information content (AvgIpc) is 2.37. The van der Waals surface area contributed by atoms with Crippen LogP contribution in [0, 0.1) is 0 Å². The molecule has 0 atom stereocenters. The molecule has 1 N–H and O–H groups in total. The van der Waals surface area contributed by atoms with Crippen LogP contribution in [0.15, 0.2) is 10.6 Å². The van der Waals surface area contributed by atoms with Crippen LogP contribution in [0.2, 0.25) is 0 Å². The van der Waals surface area contributed by atoms with Gasteiger partial charge in [-0.15, -0.1) is 0 Å². The van der Waals surface area contributed by atoms with Crippen molar-refractivity contribution >= 4 is 0 Å². The molecular weight excluding hydrogens is 134 g/mol. The van der Waals surface area contributed by atoms with Gasteiger partial charge in [0.2, 0.25) is 0 Å². The molecule has 0 aliphatic rings. The number of aromatic nitrogens is 1. The number of hydrogen-bond donors (Lipinski definition) is 1. The summed E-state index contributed by atoms with van der Waals surface area (Å²) in [5.41, 5.74) is 0.701. The fraction of sp³-hybridized carbons (Fsp3) is 0.500. The quantitative estimate of drug-likeness (QED) is 0.661. The van der Waals surface area contributed by atoms with Gasteiger partial charge in [-0.1, -0.05) is 5.16 Å². The third-order valence-corrected chi connectivity index (χ3v) is 1.06. The lowest BCUT2D eigenvalue weighted by atomic mass is 10.4. The van der Waals surface area contributed by atoms with Crippen molar-refractivity contribution in [2.45, 2.75) is 13.2 Å². The van der Waals surface area contributed by atoms with Crippen LogP contribution in [0.3, 0.4) is 0 Å². The van der Waals surface area contributed by atoms with Gasteiger partial charge >= 0.3 is 0 Å². The Morgan fingerprint density at radius 3 is 3.10 bits per heavy atom. The molecule has 4 nitrogen and oxygen atoms in total. The minimum absolute atomic E-state index is 0.114. The molecule has 0 bridgehead atoms. The average molecular weight is 143 g/mol. The Hall–Kier alpha value is -0.870. The van der Waals surface area contributed by atoms with Crippen LogP contribution < -0.4 is 0 Å². The Morgan fingerprint density at radius 1 is 1.80 bits per heavy atom. The van der Waals surface area contributed by atoms with E-state index in [1.807, 2.05) is 0 Å². The summed E-state index contributed by atoms with van der Waals surface area (Å²) in [4.78, 5) is 0. The fourth-order valence-electron chi connectivity index (χ4n) is 0.646. The Kier molecular flexibility index (Phi) is 2.42. The third kappa shape index (κ3) is 1.55. The van der Waals surface area contributed by atoms with Crippen molar-refractivity contribution in [3.05, 3.63) is 17.5 Å². The second kappa shape index (κ2) is 3.34. The molecule has 0 radical (unpaired) electrons. The molecule has 56 valence electrons. The van der Waals surface area contributed by atoms with Crippen molar-refractivity contribution in [3.8, 4) is 0 Å². The van der Waals surface area contributed by atoms with E-state index in [4.69, 9.17) is 9.84 Å². The molecule has 1 aromatic heterocycles. The maximum absolute atomic E-state index is 8.54. The van der Waals surface area contributed by atoms with Crippen LogP contribution in [-0.4, -0.2) is 17.4 Å². The lowest BCUT2D eigenvalue weighted by Gasteiger charge is -1.86. The summed E-state index contributed by atoms with van der Waals surface area (Å²) in [7, 11) is 1.58. The van der Waals surface area contributed by atoms with E-state index in [0.717, 1.165) is 0 Å². The predicted molar refractivity (Wildman–Crippen MR) is 33.1 cm³/mol. The largest absolute Gasteiger partial charge is 0.388 e. The van der Waals surface area contributed by atoms with Crippen molar-refractivity contribution in [1.29, 1.82) is 0 Å². The molecular formula is C6H9NO3. The standard InChI is InChI=1S/C6H9NO3/c1-9-4-5-2-6(3-8)10-7-5/h2,8H,3-4H2,1H3. The SMILES string of the molecule is COCc1cc(CO)on1. The highest BCUT2D eigenvalue weighted by molar-refractivity contribution is 5.02. The second-order valence-corrected chi connectivity index (χ2v) is 1.88. The van der Waals surface area contributed by atoms with Gasteiger partial charge in [0.15, 0.2) is 5.76 Å². The molecule has 0 fully saturated rings. The first-order valence-corrected chi connectivity index (χ1v) is 2.91. The van der Waals surface area contributed by atoms with Gasteiger partial charge < -0.3 is 14.4 Å². The lowest BCUT2D eigenvalue weighted by Crippen LogP contribution is -1.85. The molecule has 0 saturated heterocycles. The molecule has 1 heterocycles. The van der Waals surface area contributed by atoms with Crippen molar-refractivity contribution in [1.82, 2.24) is 5.16 Å². The Bertz CT molecular complexity index is 197. The summed E-state index contributed by atoms with van der Waals surface area (Å²) in [6, 6.07) is 1.66. The summed E-state index contributed by atoms with van der Waals surface area (Å²) >= 11 is 0. The van der Waals surface area contributed by atoms with Gasteiger partial charge in [-0.2, -0.15) is 0 Å². The van der Waals surface area contributed by atoms with Crippen LogP contribution in [0.5, 0.6) is 0 Å². The smallest absolute Gasteiger partial charge is 0.162 e. The lowest BCUT2D eigenvalue weighted by molar-refractivity contribution is 0.175. The van der Waals surface area contributed by atoms with E-state index in [2.05, 4.69) is 9.68 Å². The summed E-state index contributed by atoms with van der Waals surface area (Å²) in [6.45, 7) is 0.306. The molecule has 0 aromatic carbocycles.